The van der Waals surface area contributed by atoms with Gasteiger partial charge in [-0.1, -0.05) is 51.4 Å². The molecule has 6 aliphatic carbocycles. The van der Waals surface area contributed by atoms with Crippen molar-refractivity contribution in [1.29, 1.82) is 0 Å². The predicted octanol–water partition coefficient (Wildman–Crippen LogP) is 5.67. The van der Waals surface area contributed by atoms with E-state index in [9.17, 15) is 0 Å². The molecule has 130 valence electrons. The summed E-state index contributed by atoms with van der Waals surface area (Å²) < 4.78 is 0. The molecule has 0 aromatic rings. The second-order valence-corrected chi connectivity index (χ2v) is 10.5. The zero-order valence-corrected chi connectivity index (χ0v) is 15.1. The molecule has 6 rings (SSSR count). The molecule has 6 fully saturated rings. The summed E-state index contributed by atoms with van der Waals surface area (Å²) in [5.41, 5.74) is 8.21. The van der Waals surface area contributed by atoms with Gasteiger partial charge in [0, 0.05) is 5.54 Å². The standard InChI is InChI=1S/C22H37N/c23-22-13-16-11-18(20(22)17-7-3-1-4-8-17)14-21(12-16,15-22)19-9-5-2-6-10-19/h16-20H,1-15,23H2. The Labute approximate surface area is 143 Å². The average molecular weight is 316 g/mol. The number of hydrogen-bond donors (Lipinski definition) is 1. The van der Waals surface area contributed by atoms with Crippen LogP contribution in [0.1, 0.15) is 96.3 Å². The third kappa shape index (κ3) is 2.35. The van der Waals surface area contributed by atoms with E-state index in [1.807, 2.05) is 0 Å². The van der Waals surface area contributed by atoms with Crippen LogP contribution in [-0.2, 0) is 0 Å². The first-order chi connectivity index (χ1) is 11.2. The van der Waals surface area contributed by atoms with Crippen molar-refractivity contribution < 1.29 is 0 Å². The smallest absolute Gasteiger partial charge is 0.0196 e. The summed E-state index contributed by atoms with van der Waals surface area (Å²) in [5, 5.41) is 0. The van der Waals surface area contributed by atoms with E-state index < -0.39 is 0 Å². The van der Waals surface area contributed by atoms with Crippen molar-refractivity contribution >= 4 is 0 Å². The maximum atomic E-state index is 7.29. The molecule has 0 aromatic carbocycles. The summed E-state index contributed by atoms with van der Waals surface area (Å²) in [6, 6.07) is 0. The summed E-state index contributed by atoms with van der Waals surface area (Å²) in [6.07, 6.45) is 22.5. The van der Waals surface area contributed by atoms with Gasteiger partial charge in [-0.25, -0.2) is 0 Å². The molecule has 1 heteroatoms. The van der Waals surface area contributed by atoms with Crippen LogP contribution in [0.3, 0.4) is 0 Å². The van der Waals surface area contributed by atoms with Gasteiger partial charge in [-0.05, 0) is 80.0 Å². The van der Waals surface area contributed by atoms with Crippen molar-refractivity contribution in [3.8, 4) is 0 Å². The van der Waals surface area contributed by atoms with Crippen LogP contribution in [0.15, 0.2) is 0 Å². The van der Waals surface area contributed by atoms with Crippen LogP contribution < -0.4 is 5.73 Å². The van der Waals surface area contributed by atoms with Crippen LogP contribution in [0.4, 0.5) is 0 Å². The van der Waals surface area contributed by atoms with E-state index in [1.54, 1.807) is 19.3 Å². The van der Waals surface area contributed by atoms with Crippen molar-refractivity contribution in [3.05, 3.63) is 0 Å². The maximum Gasteiger partial charge on any atom is 0.0196 e. The molecular formula is C22H37N. The minimum absolute atomic E-state index is 0.240. The molecule has 2 N–H and O–H groups in total. The zero-order valence-electron chi connectivity index (χ0n) is 15.1. The monoisotopic (exact) mass is 315 g/mol. The third-order valence-corrected chi connectivity index (χ3v) is 9.15. The normalized spacial score (nSPS) is 51.3. The third-order valence-electron chi connectivity index (χ3n) is 9.15. The lowest BCUT2D eigenvalue weighted by molar-refractivity contribution is -0.157. The molecular weight excluding hydrogens is 278 g/mol. The summed E-state index contributed by atoms with van der Waals surface area (Å²) in [5.74, 6) is 4.93. The lowest BCUT2D eigenvalue weighted by atomic mass is 9.38. The van der Waals surface area contributed by atoms with E-state index in [-0.39, 0.29) is 5.54 Å². The first kappa shape index (κ1) is 15.2. The number of nitrogens with two attached hydrogens (primary N) is 1. The Kier molecular flexibility index (Phi) is 3.63. The van der Waals surface area contributed by atoms with E-state index in [4.69, 9.17) is 5.73 Å². The van der Waals surface area contributed by atoms with Gasteiger partial charge in [-0.2, -0.15) is 0 Å². The highest BCUT2D eigenvalue weighted by atomic mass is 14.9. The lowest BCUT2D eigenvalue weighted by Crippen LogP contribution is -2.68. The van der Waals surface area contributed by atoms with Crippen LogP contribution >= 0.6 is 0 Å². The Morgan fingerprint density at radius 1 is 0.696 bits per heavy atom. The molecule has 5 unspecified atom stereocenters. The molecule has 6 saturated carbocycles. The Hall–Kier alpha value is -0.0400. The van der Waals surface area contributed by atoms with Crippen LogP contribution in [-0.4, -0.2) is 5.54 Å². The number of hydrogen-bond acceptors (Lipinski definition) is 1. The van der Waals surface area contributed by atoms with Crippen molar-refractivity contribution in [2.75, 3.05) is 0 Å². The molecule has 5 atom stereocenters. The fraction of sp³-hybridized carbons (Fsp3) is 1.00. The predicted molar refractivity (Wildman–Crippen MR) is 96.1 cm³/mol. The first-order valence-electron chi connectivity index (χ1n) is 11.0. The molecule has 23 heavy (non-hydrogen) atoms. The van der Waals surface area contributed by atoms with Gasteiger partial charge in [-0.3, -0.25) is 0 Å². The lowest BCUT2D eigenvalue weighted by Gasteiger charge is -2.68. The zero-order chi connectivity index (χ0) is 15.5. The van der Waals surface area contributed by atoms with E-state index in [2.05, 4.69) is 0 Å². The quantitative estimate of drug-likeness (QED) is 0.698. The van der Waals surface area contributed by atoms with Crippen LogP contribution in [0.5, 0.6) is 0 Å². The second-order valence-electron chi connectivity index (χ2n) is 10.5. The highest BCUT2D eigenvalue weighted by Gasteiger charge is 2.63. The fourth-order valence-electron chi connectivity index (χ4n) is 8.88. The van der Waals surface area contributed by atoms with E-state index >= 15 is 0 Å². The van der Waals surface area contributed by atoms with Gasteiger partial charge >= 0.3 is 0 Å². The first-order valence-corrected chi connectivity index (χ1v) is 11.0. The Bertz CT molecular complexity index is 447. The highest BCUT2D eigenvalue weighted by molar-refractivity contribution is 5.16. The summed E-state index contributed by atoms with van der Waals surface area (Å²) in [7, 11) is 0. The van der Waals surface area contributed by atoms with Crippen LogP contribution in [0, 0.1) is 35.0 Å². The molecule has 1 nitrogen and oxygen atoms in total. The fourth-order valence-corrected chi connectivity index (χ4v) is 8.88. The summed E-state index contributed by atoms with van der Waals surface area (Å²) in [4.78, 5) is 0. The molecule has 6 aliphatic rings. The summed E-state index contributed by atoms with van der Waals surface area (Å²) in [6.45, 7) is 0. The molecule has 4 bridgehead atoms. The van der Waals surface area contributed by atoms with Crippen molar-refractivity contribution in [3.63, 3.8) is 0 Å². The minimum Gasteiger partial charge on any atom is -0.325 e. The molecule has 0 spiro atoms. The summed E-state index contributed by atoms with van der Waals surface area (Å²) >= 11 is 0. The van der Waals surface area contributed by atoms with Gasteiger partial charge in [0.15, 0.2) is 0 Å². The molecule has 0 aromatic heterocycles. The van der Waals surface area contributed by atoms with Crippen molar-refractivity contribution in [2.45, 2.75) is 102 Å². The molecule has 0 saturated heterocycles. The second kappa shape index (κ2) is 5.48. The van der Waals surface area contributed by atoms with Gasteiger partial charge in [0.2, 0.25) is 0 Å². The van der Waals surface area contributed by atoms with Crippen molar-refractivity contribution in [1.82, 2.24) is 0 Å². The largest absolute Gasteiger partial charge is 0.325 e. The van der Waals surface area contributed by atoms with E-state index in [0.29, 0.717) is 5.41 Å². The van der Waals surface area contributed by atoms with E-state index in [0.717, 1.165) is 29.6 Å². The minimum atomic E-state index is 0.240. The van der Waals surface area contributed by atoms with Crippen molar-refractivity contribution in [2.24, 2.45) is 40.7 Å². The van der Waals surface area contributed by atoms with Gasteiger partial charge in [0.25, 0.3) is 0 Å². The number of rotatable bonds is 2. The van der Waals surface area contributed by atoms with Crippen LogP contribution in [0.2, 0.25) is 0 Å². The Morgan fingerprint density at radius 2 is 1.39 bits per heavy atom. The van der Waals surface area contributed by atoms with Crippen LogP contribution in [0.25, 0.3) is 0 Å². The maximum absolute atomic E-state index is 7.29. The topological polar surface area (TPSA) is 26.0 Å². The molecule has 0 aliphatic heterocycles. The molecule has 0 amide bonds. The molecule has 0 heterocycles. The van der Waals surface area contributed by atoms with Gasteiger partial charge in [-0.15, -0.1) is 0 Å². The van der Waals surface area contributed by atoms with Gasteiger partial charge in [0.05, 0.1) is 0 Å². The Balaban J connectivity index is 1.43. The average Bonchev–Trinajstić information content (AvgIpc) is 2.55. The SMILES string of the molecule is NC12CC3CC(CC(C4CCCCC4)(C3)C1)C2C1CCCCC1. The van der Waals surface area contributed by atoms with E-state index in [1.165, 1.54) is 77.0 Å². The molecule has 0 radical (unpaired) electrons. The van der Waals surface area contributed by atoms with Gasteiger partial charge in [0.1, 0.15) is 0 Å². The Morgan fingerprint density at radius 3 is 2.09 bits per heavy atom. The van der Waals surface area contributed by atoms with Gasteiger partial charge < -0.3 is 5.73 Å². The highest BCUT2D eigenvalue weighted by Crippen LogP contribution is 2.68.